The van der Waals surface area contributed by atoms with Crippen LogP contribution in [0.3, 0.4) is 0 Å². The van der Waals surface area contributed by atoms with E-state index in [9.17, 15) is 10.1 Å². The van der Waals surface area contributed by atoms with Crippen molar-refractivity contribution < 1.29 is 4.92 Å². The van der Waals surface area contributed by atoms with Crippen molar-refractivity contribution in [3.63, 3.8) is 0 Å². The van der Waals surface area contributed by atoms with Crippen LogP contribution >= 0.6 is 0 Å². The fraction of sp³-hybridized carbons (Fsp3) is 0.500. The molecule has 3 atom stereocenters. The van der Waals surface area contributed by atoms with Gasteiger partial charge in [-0.2, -0.15) is 0 Å². The van der Waals surface area contributed by atoms with E-state index in [0.29, 0.717) is 17.9 Å². The summed E-state index contributed by atoms with van der Waals surface area (Å²) in [6, 6.07) is 4.05. The normalized spacial score (nSPS) is 30.2. The van der Waals surface area contributed by atoms with E-state index >= 15 is 0 Å². The van der Waals surface area contributed by atoms with Crippen molar-refractivity contribution >= 4 is 17.5 Å². The molecule has 2 aliphatic heterocycles. The predicted molar refractivity (Wildman–Crippen MR) is 82.5 cm³/mol. The lowest BCUT2D eigenvalue weighted by Gasteiger charge is -2.22. The van der Waals surface area contributed by atoms with Crippen molar-refractivity contribution in [3.05, 3.63) is 38.9 Å². The summed E-state index contributed by atoms with van der Waals surface area (Å²) in [6.07, 6.45) is 3.34. The zero-order valence-corrected chi connectivity index (χ0v) is 12.3. The van der Waals surface area contributed by atoms with Gasteiger partial charge in [0.2, 0.25) is 0 Å². The van der Waals surface area contributed by atoms with Gasteiger partial charge in [0, 0.05) is 31.1 Å². The lowest BCUT2D eigenvalue weighted by atomic mass is 9.91. The van der Waals surface area contributed by atoms with Gasteiger partial charge in [-0.1, -0.05) is 13.0 Å². The van der Waals surface area contributed by atoms with E-state index in [-0.39, 0.29) is 10.6 Å². The van der Waals surface area contributed by atoms with E-state index in [4.69, 9.17) is 0 Å². The van der Waals surface area contributed by atoms with Gasteiger partial charge in [-0.25, -0.2) is 0 Å². The zero-order chi connectivity index (χ0) is 14.7. The summed E-state index contributed by atoms with van der Waals surface area (Å²) >= 11 is 0. The Labute approximate surface area is 123 Å². The number of fused-ring (bicyclic) bond motifs is 1. The van der Waals surface area contributed by atoms with Gasteiger partial charge in [-0.15, -0.1) is 0 Å². The first kappa shape index (κ1) is 12.8. The summed E-state index contributed by atoms with van der Waals surface area (Å²) in [5.41, 5.74) is 4.78. The Morgan fingerprint density at radius 1 is 1.43 bits per heavy atom. The monoisotopic (exact) mass is 285 g/mol. The number of likely N-dealkylation sites (N-methyl/N-ethyl adjacent to an activating group) is 1. The SMILES string of the molecule is CC1CN(C)C2CC3CNc4c([N+](=O)[O-])ccc(c43)C=C12. The molecule has 5 nitrogen and oxygen atoms in total. The molecule has 0 radical (unpaired) electrons. The molecule has 0 saturated carbocycles. The van der Waals surface area contributed by atoms with Gasteiger partial charge in [0.25, 0.3) is 5.69 Å². The van der Waals surface area contributed by atoms with Gasteiger partial charge in [0.15, 0.2) is 0 Å². The van der Waals surface area contributed by atoms with Crippen molar-refractivity contribution in [2.24, 2.45) is 5.92 Å². The van der Waals surface area contributed by atoms with Crippen molar-refractivity contribution in [2.45, 2.75) is 25.3 Å². The first-order chi connectivity index (χ1) is 10.1. The highest BCUT2D eigenvalue weighted by Gasteiger charge is 2.40. The molecule has 110 valence electrons. The largest absolute Gasteiger partial charge is 0.379 e. The Balaban J connectivity index is 1.89. The van der Waals surface area contributed by atoms with Gasteiger partial charge >= 0.3 is 0 Å². The number of benzene rings is 1. The van der Waals surface area contributed by atoms with E-state index < -0.39 is 0 Å². The average Bonchev–Trinajstić information content (AvgIpc) is 2.89. The molecule has 3 aliphatic rings. The molecule has 2 heterocycles. The maximum atomic E-state index is 11.2. The molecule has 1 aliphatic carbocycles. The van der Waals surface area contributed by atoms with Crippen LogP contribution in [0, 0.1) is 16.0 Å². The molecular weight excluding hydrogens is 266 g/mol. The zero-order valence-electron chi connectivity index (χ0n) is 12.3. The molecule has 1 fully saturated rings. The number of nitro groups is 1. The number of likely N-dealkylation sites (tertiary alicyclic amines) is 1. The molecule has 5 heteroatoms. The number of hydrogen-bond acceptors (Lipinski definition) is 4. The smallest absolute Gasteiger partial charge is 0.292 e. The van der Waals surface area contributed by atoms with Gasteiger partial charge in [-0.05, 0) is 42.2 Å². The lowest BCUT2D eigenvalue weighted by molar-refractivity contribution is -0.383. The van der Waals surface area contributed by atoms with Crippen LogP contribution in [0.15, 0.2) is 17.7 Å². The number of hydrogen-bond donors (Lipinski definition) is 1. The summed E-state index contributed by atoms with van der Waals surface area (Å²) in [5.74, 6) is 0.944. The third kappa shape index (κ3) is 1.73. The maximum absolute atomic E-state index is 11.2. The van der Waals surface area contributed by atoms with Gasteiger partial charge < -0.3 is 5.32 Å². The van der Waals surface area contributed by atoms with Crippen LogP contribution in [0.4, 0.5) is 11.4 Å². The van der Waals surface area contributed by atoms with Crippen LogP contribution in [0.2, 0.25) is 0 Å². The highest BCUT2D eigenvalue weighted by Crippen LogP contribution is 2.48. The molecule has 0 amide bonds. The molecule has 21 heavy (non-hydrogen) atoms. The van der Waals surface area contributed by atoms with Crippen LogP contribution in [0.1, 0.15) is 30.4 Å². The third-order valence-electron chi connectivity index (χ3n) is 5.27. The number of nitrogens with one attached hydrogen (secondary N) is 1. The fourth-order valence-corrected chi connectivity index (χ4v) is 4.31. The highest BCUT2D eigenvalue weighted by molar-refractivity contribution is 5.78. The Morgan fingerprint density at radius 2 is 2.24 bits per heavy atom. The average molecular weight is 285 g/mol. The summed E-state index contributed by atoms with van der Waals surface area (Å²) in [5, 5.41) is 14.5. The van der Waals surface area contributed by atoms with Gasteiger partial charge in [0.1, 0.15) is 5.69 Å². The minimum absolute atomic E-state index is 0.211. The standard InChI is InChI=1S/C16H19N3O2/c1-9-8-18(2)14-6-11-7-17-16-13(19(20)21)4-3-10(15(11)16)5-12(9)14/h3-5,9,11,14,17H,6-8H2,1-2H3. The molecule has 1 N–H and O–H groups in total. The van der Waals surface area contributed by atoms with Crippen LogP contribution < -0.4 is 5.32 Å². The first-order valence-electron chi connectivity index (χ1n) is 7.53. The van der Waals surface area contributed by atoms with E-state index in [0.717, 1.165) is 30.8 Å². The van der Waals surface area contributed by atoms with E-state index in [1.165, 1.54) is 11.1 Å². The Hall–Kier alpha value is -1.88. The summed E-state index contributed by atoms with van der Waals surface area (Å²) in [4.78, 5) is 13.4. The van der Waals surface area contributed by atoms with Crippen LogP contribution in [-0.4, -0.2) is 36.0 Å². The number of nitrogens with zero attached hydrogens (tertiary/aromatic N) is 2. The molecule has 0 aromatic heterocycles. The van der Waals surface area contributed by atoms with E-state index in [1.54, 1.807) is 6.07 Å². The molecule has 1 aromatic rings. The minimum Gasteiger partial charge on any atom is -0.379 e. The van der Waals surface area contributed by atoms with Crippen LogP contribution in [0.5, 0.6) is 0 Å². The highest BCUT2D eigenvalue weighted by atomic mass is 16.6. The molecule has 4 rings (SSSR count). The van der Waals surface area contributed by atoms with E-state index in [2.05, 4.69) is 30.3 Å². The van der Waals surface area contributed by atoms with E-state index in [1.807, 2.05) is 6.07 Å². The molecular formula is C16H19N3O2. The quantitative estimate of drug-likeness (QED) is 0.636. The predicted octanol–water partition coefficient (Wildman–Crippen LogP) is 2.84. The van der Waals surface area contributed by atoms with Crippen molar-refractivity contribution in [3.8, 4) is 0 Å². The number of rotatable bonds is 1. The van der Waals surface area contributed by atoms with Crippen LogP contribution in [0.25, 0.3) is 6.08 Å². The molecule has 0 spiro atoms. The lowest BCUT2D eigenvalue weighted by Crippen LogP contribution is -2.27. The topological polar surface area (TPSA) is 58.4 Å². The molecule has 3 unspecified atom stereocenters. The second-order valence-electron chi connectivity index (χ2n) is 6.53. The second kappa shape index (κ2) is 4.31. The molecule has 0 bridgehead atoms. The van der Waals surface area contributed by atoms with Gasteiger partial charge in [0.05, 0.1) is 4.92 Å². The van der Waals surface area contributed by atoms with Gasteiger partial charge in [-0.3, -0.25) is 15.0 Å². The first-order valence-corrected chi connectivity index (χ1v) is 7.53. The Kier molecular flexibility index (Phi) is 2.63. The Morgan fingerprint density at radius 3 is 3.00 bits per heavy atom. The van der Waals surface area contributed by atoms with Crippen LogP contribution in [-0.2, 0) is 0 Å². The Bertz CT molecular complexity index is 668. The maximum Gasteiger partial charge on any atom is 0.292 e. The summed E-state index contributed by atoms with van der Waals surface area (Å²) in [6.45, 7) is 4.19. The van der Waals surface area contributed by atoms with Crippen molar-refractivity contribution in [1.29, 1.82) is 0 Å². The number of anilines is 1. The van der Waals surface area contributed by atoms with Crippen molar-refractivity contribution in [1.82, 2.24) is 4.90 Å². The fourth-order valence-electron chi connectivity index (χ4n) is 4.31. The molecule has 1 aromatic carbocycles. The third-order valence-corrected chi connectivity index (χ3v) is 5.27. The van der Waals surface area contributed by atoms with Crippen molar-refractivity contribution in [2.75, 3.05) is 25.5 Å². The molecule has 1 saturated heterocycles. The number of nitro benzene ring substituents is 1. The second-order valence-corrected chi connectivity index (χ2v) is 6.53. The minimum atomic E-state index is -0.279. The summed E-state index contributed by atoms with van der Waals surface area (Å²) in [7, 11) is 2.18. The summed E-state index contributed by atoms with van der Waals surface area (Å²) < 4.78 is 0.